The summed E-state index contributed by atoms with van der Waals surface area (Å²) in [6, 6.07) is 5.70. The second-order valence-electron chi connectivity index (χ2n) is 5.61. The highest BCUT2D eigenvalue weighted by atomic mass is 16.2. The van der Waals surface area contributed by atoms with E-state index in [0.717, 1.165) is 29.7 Å². The molecule has 0 bridgehead atoms. The first-order valence-electron chi connectivity index (χ1n) is 7.16. The molecule has 1 fully saturated rings. The molecule has 6 heteroatoms. The Hall–Kier alpha value is -2.33. The molecular weight excluding hydrogens is 268 g/mol. The highest BCUT2D eigenvalue weighted by molar-refractivity contribution is 6.01. The Balaban J connectivity index is 1.84. The van der Waals surface area contributed by atoms with Crippen LogP contribution in [-0.4, -0.2) is 24.8 Å². The van der Waals surface area contributed by atoms with Crippen LogP contribution >= 0.6 is 0 Å². The number of azide groups is 1. The fourth-order valence-corrected chi connectivity index (χ4v) is 3.09. The molecule has 1 atom stereocenters. The topological polar surface area (TPSA) is 86.1 Å². The summed E-state index contributed by atoms with van der Waals surface area (Å²) in [5.74, 6) is 0.242. The number of fused-ring (bicyclic) bond motifs is 1. The summed E-state index contributed by atoms with van der Waals surface area (Å²) >= 11 is 0. The third-order valence-corrected chi connectivity index (χ3v) is 4.16. The summed E-state index contributed by atoms with van der Waals surface area (Å²) in [6.45, 7) is 0.882. The van der Waals surface area contributed by atoms with Gasteiger partial charge in [0.15, 0.2) is 5.78 Å². The number of nitrogens with zero attached hydrogens (tertiary/aromatic N) is 4. The zero-order valence-electron chi connectivity index (χ0n) is 11.7. The molecule has 1 aliphatic heterocycles. The largest absolute Gasteiger partial charge is 0.312 e. The van der Waals surface area contributed by atoms with Gasteiger partial charge in [-0.3, -0.25) is 9.59 Å². The minimum Gasteiger partial charge on any atom is -0.312 e. The zero-order chi connectivity index (χ0) is 14.8. The molecule has 108 valence electrons. The number of ketones is 1. The van der Waals surface area contributed by atoms with Crippen LogP contribution in [0.3, 0.4) is 0 Å². The molecule has 1 unspecified atom stereocenters. The zero-order valence-corrected chi connectivity index (χ0v) is 11.7. The summed E-state index contributed by atoms with van der Waals surface area (Å²) < 4.78 is 0. The van der Waals surface area contributed by atoms with Crippen LogP contribution in [0.15, 0.2) is 23.3 Å². The third kappa shape index (κ3) is 2.62. The van der Waals surface area contributed by atoms with Crippen LogP contribution in [0.5, 0.6) is 0 Å². The fourth-order valence-electron chi connectivity index (χ4n) is 3.09. The predicted molar refractivity (Wildman–Crippen MR) is 78.2 cm³/mol. The van der Waals surface area contributed by atoms with Crippen molar-refractivity contribution in [1.82, 2.24) is 0 Å². The molecule has 3 rings (SSSR count). The molecule has 1 aromatic rings. The highest BCUT2D eigenvalue weighted by Crippen LogP contribution is 2.30. The first-order valence-corrected chi connectivity index (χ1v) is 7.16. The van der Waals surface area contributed by atoms with E-state index in [1.165, 1.54) is 0 Å². The highest BCUT2D eigenvalue weighted by Gasteiger charge is 2.31. The summed E-state index contributed by atoms with van der Waals surface area (Å²) in [4.78, 5) is 28.5. The van der Waals surface area contributed by atoms with Gasteiger partial charge in [0.1, 0.15) is 0 Å². The van der Waals surface area contributed by atoms with Gasteiger partial charge in [-0.25, -0.2) is 0 Å². The van der Waals surface area contributed by atoms with Gasteiger partial charge in [0.2, 0.25) is 5.91 Å². The number of amides is 1. The van der Waals surface area contributed by atoms with Crippen molar-refractivity contribution in [2.45, 2.75) is 25.7 Å². The minimum atomic E-state index is 0.0244. The Morgan fingerprint density at radius 1 is 1.33 bits per heavy atom. The van der Waals surface area contributed by atoms with Gasteiger partial charge in [-0.2, -0.15) is 0 Å². The molecular formula is C15H16N4O2. The number of carbonyl (C=O) groups excluding carboxylic acids is 2. The maximum Gasteiger partial charge on any atom is 0.227 e. The molecule has 0 spiro atoms. The van der Waals surface area contributed by atoms with Gasteiger partial charge >= 0.3 is 0 Å². The van der Waals surface area contributed by atoms with Gasteiger partial charge in [0.05, 0.1) is 0 Å². The number of rotatable bonds is 3. The average Bonchev–Trinajstić information content (AvgIpc) is 2.86. The maximum absolute atomic E-state index is 12.1. The smallest absolute Gasteiger partial charge is 0.227 e. The Kier molecular flexibility index (Phi) is 3.62. The molecule has 6 nitrogen and oxygen atoms in total. The van der Waals surface area contributed by atoms with Gasteiger partial charge in [-0.1, -0.05) is 11.2 Å². The normalized spacial score (nSPS) is 21.1. The van der Waals surface area contributed by atoms with Crippen LogP contribution in [0.25, 0.3) is 10.4 Å². The van der Waals surface area contributed by atoms with Crippen molar-refractivity contribution in [1.29, 1.82) is 0 Å². The summed E-state index contributed by atoms with van der Waals surface area (Å²) in [5, 5.41) is 3.55. The van der Waals surface area contributed by atoms with Crippen LogP contribution in [0.2, 0.25) is 0 Å². The quantitative estimate of drug-likeness (QED) is 0.485. The number of aryl methyl sites for hydroxylation is 1. The third-order valence-electron chi connectivity index (χ3n) is 4.16. The molecule has 21 heavy (non-hydrogen) atoms. The molecule has 0 aromatic heterocycles. The molecule has 1 heterocycles. The molecule has 1 amide bonds. The molecule has 2 aliphatic rings. The number of carbonyl (C=O) groups is 2. The van der Waals surface area contributed by atoms with Crippen molar-refractivity contribution in [2.75, 3.05) is 18.0 Å². The summed E-state index contributed by atoms with van der Waals surface area (Å²) in [5.41, 5.74) is 11.0. The molecule has 0 radical (unpaired) electrons. The SMILES string of the molecule is [N-]=[N+]=NCC1CC(=O)N(c2ccc3c(c2)C(=O)CCC3)C1. The Bertz CT molecular complexity index is 649. The van der Waals surface area contributed by atoms with E-state index >= 15 is 0 Å². The van der Waals surface area contributed by atoms with Crippen LogP contribution in [0.4, 0.5) is 5.69 Å². The lowest BCUT2D eigenvalue weighted by Gasteiger charge is -2.21. The number of Topliss-reactive ketones (excluding diaryl/α,β-unsaturated/α-hetero) is 1. The van der Waals surface area contributed by atoms with E-state index in [0.29, 0.717) is 25.9 Å². The number of anilines is 1. The maximum atomic E-state index is 12.1. The van der Waals surface area contributed by atoms with Crippen LogP contribution < -0.4 is 4.90 Å². The lowest BCUT2D eigenvalue weighted by atomic mass is 9.90. The Morgan fingerprint density at radius 3 is 3.00 bits per heavy atom. The van der Waals surface area contributed by atoms with Gasteiger partial charge in [-0.05, 0) is 42.0 Å². The number of hydrogen-bond donors (Lipinski definition) is 0. The Morgan fingerprint density at radius 2 is 2.19 bits per heavy atom. The molecule has 1 aliphatic carbocycles. The van der Waals surface area contributed by atoms with Crippen molar-refractivity contribution >= 4 is 17.4 Å². The van der Waals surface area contributed by atoms with Gasteiger partial charge in [-0.15, -0.1) is 0 Å². The first-order chi connectivity index (χ1) is 10.2. The van der Waals surface area contributed by atoms with E-state index in [4.69, 9.17) is 5.53 Å². The molecule has 1 saturated heterocycles. The van der Waals surface area contributed by atoms with Crippen molar-refractivity contribution in [3.05, 3.63) is 39.8 Å². The summed E-state index contributed by atoms with van der Waals surface area (Å²) in [7, 11) is 0. The van der Waals surface area contributed by atoms with Gasteiger partial charge in [0, 0.05) is 42.1 Å². The van der Waals surface area contributed by atoms with Crippen LogP contribution in [0.1, 0.15) is 35.2 Å². The van der Waals surface area contributed by atoms with E-state index in [1.807, 2.05) is 18.2 Å². The van der Waals surface area contributed by atoms with E-state index < -0.39 is 0 Å². The van der Waals surface area contributed by atoms with Crippen molar-refractivity contribution in [3.63, 3.8) is 0 Å². The lowest BCUT2D eigenvalue weighted by Crippen LogP contribution is -2.25. The molecule has 1 aromatic carbocycles. The number of hydrogen-bond acceptors (Lipinski definition) is 3. The van der Waals surface area contributed by atoms with E-state index in [-0.39, 0.29) is 17.6 Å². The van der Waals surface area contributed by atoms with Crippen LogP contribution in [0, 0.1) is 5.92 Å². The van der Waals surface area contributed by atoms with Crippen molar-refractivity contribution in [3.8, 4) is 0 Å². The van der Waals surface area contributed by atoms with Gasteiger partial charge < -0.3 is 4.90 Å². The first kappa shape index (κ1) is 13.6. The standard InChI is InChI=1S/C15H16N4O2/c16-18-17-8-10-6-15(21)19(9-10)12-5-4-11-2-1-3-14(20)13(11)7-12/h4-5,7,10H,1-3,6,8-9H2. The van der Waals surface area contributed by atoms with E-state index in [1.54, 1.807) is 4.90 Å². The average molecular weight is 284 g/mol. The molecule has 0 N–H and O–H groups in total. The van der Waals surface area contributed by atoms with Crippen molar-refractivity contribution in [2.24, 2.45) is 11.0 Å². The lowest BCUT2D eigenvalue weighted by molar-refractivity contribution is -0.117. The second kappa shape index (κ2) is 5.58. The summed E-state index contributed by atoms with van der Waals surface area (Å²) in [6.07, 6.45) is 2.81. The molecule has 0 saturated carbocycles. The van der Waals surface area contributed by atoms with E-state index in [9.17, 15) is 9.59 Å². The minimum absolute atomic E-state index is 0.0244. The van der Waals surface area contributed by atoms with Gasteiger partial charge in [0.25, 0.3) is 0 Å². The van der Waals surface area contributed by atoms with Crippen molar-refractivity contribution < 1.29 is 9.59 Å². The Labute approximate surface area is 122 Å². The van der Waals surface area contributed by atoms with Crippen LogP contribution in [-0.2, 0) is 11.2 Å². The second-order valence-corrected chi connectivity index (χ2v) is 5.61. The predicted octanol–water partition coefficient (Wildman–Crippen LogP) is 2.87. The fraction of sp³-hybridized carbons (Fsp3) is 0.467. The number of benzene rings is 1. The monoisotopic (exact) mass is 284 g/mol. The van der Waals surface area contributed by atoms with E-state index in [2.05, 4.69) is 10.0 Å².